The number of para-hydroxylation sites is 2. The predicted octanol–water partition coefficient (Wildman–Crippen LogP) is 4.71. The van der Waals surface area contributed by atoms with E-state index < -0.39 is 6.09 Å². The van der Waals surface area contributed by atoms with Gasteiger partial charge in [-0.2, -0.15) is 0 Å². The van der Waals surface area contributed by atoms with Crippen molar-refractivity contribution in [2.75, 3.05) is 43.1 Å². The van der Waals surface area contributed by atoms with Crippen LogP contribution in [-0.4, -0.2) is 44.4 Å². The highest BCUT2D eigenvalue weighted by Crippen LogP contribution is 2.26. The molecule has 1 fully saturated rings. The lowest BCUT2D eigenvalue weighted by Gasteiger charge is -2.35. The van der Waals surface area contributed by atoms with E-state index in [1.807, 2.05) is 84.9 Å². The molecular formula is C24H25N3O3. The Balaban J connectivity index is 1.41. The van der Waals surface area contributed by atoms with Gasteiger partial charge in [0.25, 0.3) is 0 Å². The van der Waals surface area contributed by atoms with E-state index >= 15 is 0 Å². The van der Waals surface area contributed by atoms with Crippen molar-refractivity contribution in [3.8, 4) is 5.75 Å². The molecule has 1 heterocycles. The maximum atomic E-state index is 13.1. The molecule has 0 bridgehead atoms. The molecule has 0 spiro atoms. The van der Waals surface area contributed by atoms with Gasteiger partial charge in [0.05, 0.1) is 31.6 Å². The molecule has 1 amide bonds. The third kappa shape index (κ3) is 4.55. The van der Waals surface area contributed by atoms with Crippen molar-refractivity contribution in [1.82, 2.24) is 5.06 Å². The summed E-state index contributed by atoms with van der Waals surface area (Å²) in [5.74, 6) is 0.841. The lowest BCUT2D eigenvalue weighted by Crippen LogP contribution is -2.48. The highest BCUT2D eigenvalue weighted by atomic mass is 16.7. The first-order valence-corrected chi connectivity index (χ1v) is 10.0. The number of amides is 1. The molecule has 0 saturated carbocycles. The number of carbonyl (C=O) groups excluding carboxylic acids is 1. The van der Waals surface area contributed by atoms with Crippen LogP contribution in [0.25, 0.3) is 0 Å². The third-order valence-corrected chi connectivity index (χ3v) is 5.09. The summed E-state index contributed by atoms with van der Waals surface area (Å²) >= 11 is 0. The normalized spacial score (nSPS) is 14.2. The number of nitrogens with zero attached hydrogens (tertiary/aromatic N) is 3. The van der Waals surface area contributed by atoms with Crippen molar-refractivity contribution >= 4 is 23.2 Å². The number of carbonyl (C=O) groups is 1. The second kappa shape index (κ2) is 9.33. The average molecular weight is 403 g/mol. The summed E-state index contributed by atoms with van der Waals surface area (Å²) in [6.07, 6.45) is -0.412. The lowest BCUT2D eigenvalue weighted by molar-refractivity contribution is -0.0985. The van der Waals surface area contributed by atoms with Gasteiger partial charge in [0.2, 0.25) is 0 Å². The molecule has 4 rings (SSSR count). The third-order valence-electron chi connectivity index (χ3n) is 5.09. The summed E-state index contributed by atoms with van der Waals surface area (Å²) in [5, 5.41) is 1.74. The standard InChI is InChI=1S/C24H25N3O3/c1-29-23-14-12-20(13-15-23)25-16-18-26(19-17-25)30-24(28)27(21-8-4-2-5-9-21)22-10-6-3-7-11-22/h2-15H,16-19H2,1H3. The molecule has 0 unspecified atom stereocenters. The minimum absolute atomic E-state index is 0.412. The van der Waals surface area contributed by atoms with Crippen LogP contribution in [0.4, 0.5) is 21.9 Å². The Kier molecular flexibility index (Phi) is 6.15. The van der Waals surface area contributed by atoms with Gasteiger partial charge in [-0.25, -0.2) is 9.69 Å². The smallest absolute Gasteiger partial charge is 0.438 e. The first-order chi connectivity index (χ1) is 14.7. The number of anilines is 3. The summed E-state index contributed by atoms with van der Waals surface area (Å²) in [4.78, 5) is 22.7. The zero-order valence-corrected chi connectivity index (χ0v) is 17.0. The van der Waals surface area contributed by atoms with Crippen LogP contribution >= 0.6 is 0 Å². The Morgan fingerprint density at radius 3 is 1.80 bits per heavy atom. The van der Waals surface area contributed by atoms with Crippen molar-refractivity contribution < 1.29 is 14.4 Å². The minimum atomic E-state index is -0.412. The fourth-order valence-corrected chi connectivity index (χ4v) is 3.50. The average Bonchev–Trinajstić information content (AvgIpc) is 2.81. The largest absolute Gasteiger partial charge is 0.497 e. The first kappa shape index (κ1) is 19.8. The number of ether oxygens (including phenoxy) is 1. The van der Waals surface area contributed by atoms with Gasteiger partial charge in [0, 0.05) is 18.8 Å². The van der Waals surface area contributed by atoms with Gasteiger partial charge in [0.1, 0.15) is 5.75 Å². The monoisotopic (exact) mass is 403 g/mol. The summed E-state index contributed by atoms with van der Waals surface area (Å²) in [6.45, 7) is 2.82. The second-order valence-electron chi connectivity index (χ2n) is 6.98. The SMILES string of the molecule is COc1ccc(N2CCN(OC(=O)N(c3ccccc3)c3ccccc3)CC2)cc1. The predicted molar refractivity (Wildman–Crippen MR) is 118 cm³/mol. The Labute approximate surface area is 176 Å². The van der Waals surface area contributed by atoms with Gasteiger partial charge in [-0.3, -0.25) is 0 Å². The molecule has 3 aromatic carbocycles. The Hall–Kier alpha value is -3.51. The maximum absolute atomic E-state index is 13.1. The van der Waals surface area contributed by atoms with E-state index in [4.69, 9.17) is 9.57 Å². The van der Waals surface area contributed by atoms with Crippen LogP contribution in [0.2, 0.25) is 0 Å². The molecule has 3 aromatic rings. The topological polar surface area (TPSA) is 45.3 Å². The molecule has 1 aliphatic heterocycles. The van der Waals surface area contributed by atoms with Crippen molar-refractivity contribution in [3.63, 3.8) is 0 Å². The Morgan fingerprint density at radius 1 is 0.767 bits per heavy atom. The fourth-order valence-electron chi connectivity index (χ4n) is 3.50. The van der Waals surface area contributed by atoms with Gasteiger partial charge in [-0.15, -0.1) is 5.06 Å². The molecular weight excluding hydrogens is 378 g/mol. The highest BCUT2D eigenvalue weighted by Gasteiger charge is 2.25. The van der Waals surface area contributed by atoms with Crippen molar-refractivity contribution in [1.29, 1.82) is 0 Å². The number of hydroxylamine groups is 2. The molecule has 0 radical (unpaired) electrons. The van der Waals surface area contributed by atoms with Crippen LogP contribution in [0, 0.1) is 0 Å². The van der Waals surface area contributed by atoms with Gasteiger partial charge < -0.3 is 14.5 Å². The van der Waals surface area contributed by atoms with Crippen LogP contribution in [0.1, 0.15) is 0 Å². The number of rotatable bonds is 5. The fraction of sp³-hybridized carbons (Fsp3) is 0.208. The molecule has 1 aliphatic rings. The van der Waals surface area contributed by atoms with Crippen molar-refractivity contribution in [2.24, 2.45) is 0 Å². The van der Waals surface area contributed by atoms with E-state index in [0.29, 0.717) is 13.1 Å². The van der Waals surface area contributed by atoms with Crippen LogP contribution in [0.3, 0.4) is 0 Å². The van der Waals surface area contributed by atoms with Crippen LogP contribution in [0.5, 0.6) is 5.75 Å². The number of hydrogen-bond acceptors (Lipinski definition) is 5. The van der Waals surface area contributed by atoms with Crippen LogP contribution in [0.15, 0.2) is 84.9 Å². The molecule has 6 heteroatoms. The van der Waals surface area contributed by atoms with E-state index in [1.165, 1.54) is 0 Å². The molecule has 1 saturated heterocycles. The molecule has 30 heavy (non-hydrogen) atoms. The van der Waals surface area contributed by atoms with Gasteiger partial charge in [-0.05, 0) is 48.5 Å². The van der Waals surface area contributed by atoms with Crippen molar-refractivity contribution in [3.05, 3.63) is 84.9 Å². The number of benzene rings is 3. The molecule has 0 N–H and O–H groups in total. The van der Waals surface area contributed by atoms with Gasteiger partial charge >= 0.3 is 6.09 Å². The zero-order valence-electron chi connectivity index (χ0n) is 17.0. The second-order valence-corrected chi connectivity index (χ2v) is 6.98. The van der Waals surface area contributed by atoms with Crippen molar-refractivity contribution in [2.45, 2.75) is 0 Å². The van der Waals surface area contributed by atoms with E-state index in [0.717, 1.165) is 35.9 Å². The maximum Gasteiger partial charge on any atom is 0.438 e. The summed E-state index contributed by atoms with van der Waals surface area (Å²) in [6, 6.07) is 27.1. The quantitative estimate of drug-likeness (QED) is 0.618. The summed E-state index contributed by atoms with van der Waals surface area (Å²) < 4.78 is 5.22. The Morgan fingerprint density at radius 2 is 1.30 bits per heavy atom. The number of piperazine rings is 1. The summed E-state index contributed by atoms with van der Waals surface area (Å²) in [5.41, 5.74) is 2.67. The molecule has 0 atom stereocenters. The van der Waals surface area contributed by atoms with E-state index in [9.17, 15) is 4.79 Å². The van der Waals surface area contributed by atoms with Crippen LogP contribution in [-0.2, 0) is 4.84 Å². The first-order valence-electron chi connectivity index (χ1n) is 10.0. The lowest BCUT2D eigenvalue weighted by atomic mass is 10.2. The molecule has 0 aromatic heterocycles. The number of methoxy groups -OCH3 is 1. The number of hydrogen-bond donors (Lipinski definition) is 0. The van der Waals surface area contributed by atoms with Crippen LogP contribution < -0.4 is 14.5 Å². The van der Waals surface area contributed by atoms with Gasteiger partial charge in [-0.1, -0.05) is 36.4 Å². The van der Waals surface area contributed by atoms with E-state index in [1.54, 1.807) is 17.1 Å². The Bertz CT molecular complexity index is 901. The minimum Gasteiger partial charge on any atom is -0.497 e. The van der Waals surface area contributed by atoms with E-state index in [2.05, 4.69) is 4.90 Å². The molecule has 154 valence electrons. The molecule has 6 nitrogen and oxygen atoms in total. The van der Waals surface area contributed by atoms with E-state index in [-0.39, 0.29) is 0 Å². The highest BCUT2D eigenvalue weighted by molar-refractivity contribution is 5.95. The molecule has 0 aliphatic carbocycles. The summed E-state index contributed by atoms with van der Waals surface area (Å²) in [7, 11) is 1.66. The van der Waals surface area contributed by atoms with Gasteiger partial charge in [0.15, 0.2) is 0 Å². The zero-order chi connectivity index (χ0) is 20.8.